The molecule has 7 heteroatoms. The molecule has 1 fully saturated rings. The lowest BCUT2D eigenvalue weighted by Gasteiger charge is -2.48. The van der Waals surface area contributed by atoms with Crippen LogP contribution in [0.2, 0.25) is 0 Å². The number of carbonyl (C=O) groups excluding carboxylic acids is 1. The molecule has 0 spiro atoms. The molecule has 8 rings (SSSR count). The normalized spacial score (nSPS) is 27.3. The van der Waals surface area contributed by atoms with Crippen molar-refractivity contribution in [1.29, 1.82) is 0 Å². The van der Waals surface area contributed by atoms with Gasteiger partial charge in [0.2, 0.25) is 0 Å². The van der Waals surface area contributed by atoms with Crippen LogP contribution in [-0.2, 0) is 21.7 Å². The van der Waals surface area contributed by atoms with E-state index in [1.54, 1.807) is 7.11 Å². The third-order valence-corrected chi connectivity index (χ3v) is 8.60. The van der Waals surface area contributed by atoms with Crippen molar-refractivity contribution < 1.29 is 14.3 Å². The maximum absolute atomic E-state index is 13.3. The minimum Gasteiger partial charge on any atom is -0.375 e. The van der Waals surface area contributed by atoms with Gasteiger partial charge in [-0.3, -0.25) is 4.79 Å². The SMILES string of the molecule is CNC1C[C@H]2O[C@@](C)([C@@H]1OC)n1c3ccccc3c3c4c(c5c6ccccc6n2c5c31)C(=O)NC4. The highest BCUT2D eigenvalue weighted by atomic mass is 16.6. The van der Waals surface area contributed by atoms with Crippen molar-refractivity contribution >= 4 is 49.5 Å². The van der Waals surface area contributed by atoms with E-state index in [9.17, 15) is 4.79 Å². The van der Waals surface area contributed by atoms with Gasteiger partial charge in [0.25, 0.3) is 5.91 Å². The zero-order chi connectivity index (χ0) is 23.6. The Kier molecular flexibility index (Phi) is 3.65. The summed E-state index contributed by atoms with van der Waals surface area (Å²) in [5, 5.41) is 11.0. The Morgan fingerprint density at radius 2 is 1.77 bits per heavy atom. The molecule has 5 heterocycles. The summed E-state index contributed by atoms with van der Waals surface area (Å²) in [4.78, 5) is 13.3. The molecular formula is C28H26N4O3. The highest BCUT2D eigenvalue weighted by Crippen LogP contribution is 2.53. The molecule has 3 aliphatic rings. The molecule has 0 saturated carbocycles. The summed E-state index contributed by atoms with van der Waals surface area (Å²) in [5.74, 6) is 0.00357. The van der Waals surface area contributed by atoms with Gasteiger partial charge in [0, 0.05) is 47.7 Å². The van der Waals surface area contributed by atoms with Gasteiger partial charge in [0.05, 0.1) is 27.6 Å². The summed E-state index contributed by atoms with van der Waals surface area (Å²) in [7, 11) is 3.77. The van der Waals surface area contributed by atoms with Crippen LogP contribution < -0.4 is 10.6 Å². The number of rotatable bonds is 2. The number of aromatic nitrogens is 2. The second-order valence-corrected chi connectivity index (χ2v) is 10.1. The summed E-state index contributed by atoms with van der Waals surface area (Å²) < 4.78 is 18.0. The Bertz CT molecular complexity index is 1750. The van der Waals surface area contributed by atoms with Crippen LogP contribution in [0, 0.1) is 0 Å². The van der Waals surface area contributed by atoms with Crippen LogP contribution in [0.25, 0.3) is 43.6 Å². The number of para-hydroxylation sites is 2. The number of carbonyl (C=O) groups is 1. The summed E-state index contributed by atoms with van der Waals surface area (Å²) in [6.07, 6.45) is 0.337. The van der Waals surface area contributed by atoms with Crippen LogP contribution in [0.3, 0.4) is 0 Å². The monoisotopic (exact) mass is 466 g/mol. The molecule has 176 valence electrons. The number of hydrogen-bond acceptors (Lipinski definition) is 4. The average molecular weight is 467 g/mol. The molecule has 2 N–H and O–H groups in total. The number of nitrogens with one attached hydrogen (secondary N) is 2. The summed E-state index contributed by atoms with van der Waals surface area (Å²) in [6.45, 7) is 2.68. The number of likely N-dealkylation sites (N-methyl/N-ethyl adjacent to an activating group) is 1. The minimum atomic E-state index is -0.760. The third-order valence-electron chi connectivity index (χ3n) is 8.60. The molecule has 2 aromatic heterocycles. The van der Waals surface area contributed by atoms with Gasteiger partial charge < -0.3 is 29.2 Å². The zero-order valence-corrected chi connectivity index (χ0v) is 19.9. The Morgan fingerprint density at radius 1 is 1.06 bits per heavy atom. The van der Waals surface area contributed by atoms with Crippen LogP contribution in [0.4, 0.5) is 0 Å². The number of ether oxygens (including phenoxy) is 2. The van der Waals surface area contributed by atoms with E-state index in [-0.39, 0.29) is 24.3 Å². The average Bonchev–Trinajstić information content (AvgIpc) is 3.51. The van der Waals surface area contributed by atoms with Crippen LogP contribution in [0.15, 0.2) is 48.5 Å². The van der Waals surface area contributed by atoms with Crippen molar-refractivity contribution in [3.8, 4) is 0 Å². The third kappa shape index (κ3) is 2.12. The highest BCUT2D eigenvalue weighted by Gasteiger charge is 2.53. The van der Waals surface area contributed by atoms with Crippen molar-refractivity contribution in [2.24, 2.45) is 0 Å². The Morgan fingerprint density at radius 3 is 2.51 bits per heavy atom. The van der Waals surface area contributed by atoms with Gasteiger partial charge in [0.1, 0.15) is 12.3 Å². The Hall–Kier alpha value is -3.39. The van der Waals surface area contributed by atoms with E-state index in [0.717, 1.165) is 61.2 Å². The topological polar surface area (TPSA) is 69.5 Å². The van der Waals surface area contributed by atoms with Gasteiger partial charge in [-0.2, -0.15) is 0 Å². The lowest BCUT2D eigenvalue weighted by atomic mass is 9.93. The Balaban J connectivity index is 1.72. The van der Waals surface area contributed by atoms with E-state index in [0.29, 0.717) is 6.54 Å². The fourth-order valence-corrected chi connectivity index (χ4v) is 7.33. The molecule has 1 saturated heterocycles. The fourth-order valence-electron chi connectivity index (χ4n) is 7.33. The molecule has 35 heavy (non-hydrogen) atoms. The van der Waals surface area contributed by atoms with Crippen LogP contribution in [-0.4, -0.2) is 41.3 Å². The first-order chi connectivity index (χ1) is 17.1. The van der Waals surface area contributed by atoms with Crippen molar-refractivity contribution in [1.82, 2.24) is 19.8 Å². The molecule has 5 aromatic rings. The lowest BCUT2D eigenvalue weighted by molar-refractivity contribution is -0.256. The molecule has 0 aliphatic carbocycles. The van der Waals surface area contributed by atoms with Crippen LogP contribution >= 0.6 is 0 Å². The second-order valence-electron chi connectivity index (χ2n) is 10.1. The van der Waals surface area contributed by atoms with Gasteiger partial charge in [-0.15, -0.1) is 0 Å². The molecular weight excluding hydrogens is 440 g/mol. The minimum absolute atomic E-state index is 0.00357. The molecule has 1 unspecified atom stereocenters. The summed E-state index contributed by atoms with van der Waals surface area (Å²) >= 11 is 0. The first kappa shape index (κ1) is 19.9. The molecule has 4 atom stereocenters. The molecule has 1 amide bonds. The number of benzene rings is 3. The summed E-state index contributed by atoms with van der Waals surface area (Å²) in [6, 6.07) is 17.0. The van der Waals surface area contributed by atoms with E-state index < -0.39 is 5.72 Å². The Labute approximate surface area is 201 Å². The first-order valence-electron chi connectivity index (χ1n) is 12.3. The van der Waals surface area contributed by atoms with Gasteiger partial charge >= 0.3 is 0 Å². The van der Waals surface area contributed by atoms with Crippen molar-refractivity contribution in [3.63, 3.8) is 0 Å². The zero-order valence-electron chi connectivity index (χ0n) is 19.9. The van der Waals surface area contributed by atoms with Crippen molar-refractivity contribution in [3.05, 3.63) is 59.7 Å². The van der Waals surface area contributed by atoms with E-state index >= 15 is 0 Å². The number of amides is 1. The molecule has 3 aromatic carbocycles. The lowest BCUT2D eigenvalue weighted by Crippen LogP contribution is -2.59. The number of hydrogen-bond donors (Lipinski definition) is 2. The summed E-state index contributed by atoms with van der Waals surface area (Å²) in [5.41, 5.74) is 5.51. The van der Waals surface area contributed by atoms with E-state index in [2.05, 4.69) is 75.2 Å². The van der Waals surface area contributed by atoms with Crippen LogP contribution in [0.1, 0.15) is 35.5 Å². The quantitative estimate of drug-likeness (QED) is 0.406. The maximum Gasteiger partial charge on any atom is 0.252 e. The molecule has 7 nitrogen and oxygen atoms in total. The van der Waals surface area contributed by atoms with Crippen LogP contribution in [0.5, 0.6) is 0 Å². The molecule has 2 bridgehead atoms. The highest BCUT2D eigenvalue weighted by molar-refractivity contribution is 6.31. The van der Waals surface area contributed by atoms with E-state index in [1.807, 2.05) is 7.05 Å². The second kappa shape index (κ2) is 6.43. The standard InChI is InChI=1S/C28H26N4O3/c1-28-26(34-3)17(29-2)12-20(35-28)31-18-10-6-4-8-14(18)22-23-16(13-30-27(23)33)21-15-9-5-7-11-19(15)32(28)25(21)24(22)31/h4-11,17,20,26,29H,12-13H2,1-3H3,(H,30,33)/t17?,20-,26-,28+/m1/s1. The van der Waals surface area contributed by atoms with E-state index in [4.69, 9.17) is 9.47 Å². The molecule has 3 aliphatic heterocycles. The van der Waals surface area contributed by atoms with Gasteiger partial charge in [0.15, 0.2) is 5.72 Å². The van der Waals surface area contributed by atoms with Crippen molar-refractivity contribution in [2.45, 2.75) is 44.0 Å². The predicted octanol–water partition coefficient (Wildman–Crippen LogP) is 4.35. The van der Waals surface area contributed by atoms with Gasteiger partial charge in [-0.1, -0.05) is 36.4 Å². The van der Waals surface area contributed by atoms with E-state index in [1.165, 1.54) is 0 Å². The smallest absolute Gasteiger partial charge is 0.252 e. The predicted molar refractivity (Wildman–Crippen MR) is 136 cm³/mol. The number of fused-ring (bicyclic) bond motifs is 13. The van der Waals surface area contributed by atoms with Crippen molar-refractivity contribution in [2.75, 3.05) is 14.2 Å². The van der Waals surface area contributed by atoms with Gasteiger partial charge in [-0.05, 0) is 31.7 Å². The molecule has 0 radical (unpaired) electrons. The number of methoxy groups -OCH3 is 1. The largest absolute Gasteiger partial charge is 0.375 e. The fraction of sp³-hybridized carbons (Fsp3) is 0.321. The number of nitrogens with zero attached hydrogens (tertiary/aromatic N) is 2. The maximum atomic E-state index is 13.3. The first-order valence-corrected chi connectivity index (χ1v) is 12.3. The van der Waals surface area contributed by atoms with Gasteiger partial charge in [-0.25, -0.2) is 0 Å².